The largest absolute Gasteiger partial charge is 0.380 e. The van der Waals surface area contributed by atoms with Crippen molar-refractivity contribution >= 4 is 21.6 Å². The van der Waals surface area contributed by atoms with Crippen LogP contribution in [0.2, 0.25) is 0 Å². The van der Waals surface area contributed by atoms with Crippen molar-refractivity contribution in [2.45, 2.75) is 24.5 Å². The van der Waals surface area contributed by atoms with Crippen LogP contribution in [-0.2, 0) is 21.3 Å². The fourth-order valence-electron chi connectivity index (χ4n) is 1.09. The topological polar surface area (TPSA) is 73.2 Å². The molecule has 8 heteroatoms. The van der Waals surface area contributed by atoms with Crippen LogP contribution in [-0.4, -0.2) is 43.8 Å². The number of methoxy groups -OCH3 is 1. The summed E-state index contributed by atoms with van der Waals surface area (Å²) in [7, 11) is -1.99. The zero-order chi connectivity index (χ0) is 12.9. The molecule has 0 amide bonds. The van der Waals surface area contributed by atoms with Crippen LogP contribution in [0, 0.1) is 0 Å². The maximum atomic E-state index is 11.8. The molecule has 17 heavy (non-hydrogen) atoms. The number of hydrogen-bond acceptors (Lipinski definition) is 4. The van der Waals surface area contributed by atoms with Gasteiger partial charge in [-0.3, -0.25) is 4.68 Å². The number of ether oxygens (including phenoxy) is 1. The van der Waals surface area contributed by atoms with Gasteiger partial charge in [-0.2, -0.15) is 5.10 Å². The van der Waals surface area contributed by atoms with Crippen LogP contribution in [0.5, 0.6) is 0 Å². The van der Waals surface area contributed by atoms with E-state index in [9.17, 15) is 8.42 Å². The summed E-state index contributed by atoms with van der Waals surface area (Å²) < 4.78 is 32.5. The number of hydrogen-bond donors (Lipinski definition) is 1. The average molecular weight is 282 g/mol. The van der Waals surface area contributed by atoms with Crippen LogP contribution in [0.15, 0.2) is 17.3 Å². The van der Waals surface area contributed by atoms with Gasteiger partial charge in [0.25, 0.3) is 0 Å². The Hall–Kier alpha value is -0.630. The van der Waals surface area contributed by atoms with Crippen LogP contribution < -0.4 is 4.72 Å². The Labute approximate surface area is 106 Å². The molecule has 98 valence electrons. The Morgan fingerprint density at radius 1 is 1.65 bits per heavy atom. The van der Waals surface area contributed by atoms with E-state index in [0.29, 0.717) is 12.4 Å². The fourth-order valence-corrected chi connectivity index (χ4v) is 2.33. The van der Waals surface area contributed by atoms with Crippen molar-refractivity contribution in [3.63, 3.8) is 0 Å². The van der Waals surface area contributed by atoms with E-state index in [2.05, 4.69) is 9.82 Å². The predicted octanol–water partition coefficient (Wildman–Crippen LogP) is 0.435. The standard InChI is InChI=1S/C9H16ClN3O3S/c1-8(16-2)5-12-17(14,15)9-6-11-13(7-9)4-3-10/h6-8,12H,3-5H2,1-2H3. The second-order valence-corrected chi connectivity index (χ2v) is 5.67. The number of nitrogens with one attached hydrogen (secondary N) is 1. The van der Waals surface area contributed by atoms with Gasteiger partial charge in [-0.15, -0.1) is 11.6 Å². The summed E-state index contributed by atoms with van der Waals surface area (Å²) in [6.45, 7) is 2.48. The Bertz CT molecular complexity index is 446. The molecule has 0 aliphatic heterocycles. The molecule has 0 aliphatic rings. The lowest BCUT2D eigenvalue weighted by Crippen LogP contribution is -2.31. The lowest BCUT2D eigenvalue weighted by molar-refractivity contribution is 0.122. The molecule has 1 aromatic heterocycles. The van der Waals surface area contributed by atoms with Gasteiger partial charge in [0.05, 0.1) is 18.8 Å². The SMILES string of the molecule is COC(C)CNS(=O)(=O)c1cnn(CCCl)c1. The van der Waals surface area contributed by atoms with Gasteiger partial charge in [-0.25, -0.2) is 13.1 Å². The molecule has 6 nitrogen and oxygen atoms in total. The molecule has 0 aromatic carbocycles. The van der Waals surface area contributed by atoms with Crippen LogP contribution >= 0.6 is 11.6 Å². The van der Waals surface area contributed by atoms with E-state index in [1.54, 1.807) is 6.92 Å². The minimum absolute atomic E-state index is 0.130. The lowest BCUT2D eigenvalue weighted by Gasteiger charge is -2.10. The van der Waals surface area contributed by atoms with Crippen LogP contribution in [0.4, 0.5) is 0 Å². The summed E-state index contributed by atoms with van der Waals surface area (Å²) in [5.41, 5.74) is 0. The molecular formula is C9H16ClN3O3S. The molecule has 1 atom stereocenters. The molecule has 1 heterocycles. The lowest BCUT2D eigenvalue weighted by atomic mass is 10.4. The summed E-state index contributed by atoms with van der Waals surface area (Å²) in [5, 5.41) is 3.90. The van der Waals surface area contributed by atoms with Crippen molar-refractivity contribution in [3.05, 3.63) is 12.4 Å². The molecule has 0 aliphatic carbocycles. The van der Waals surface area contributed by atoms with Gasteiger partial charge in [-0.1, -0.05) is 0 Å². The molecule has 0 fully saturated rings. The van der Waals surface area contributed by atoms with E-state index in [1.165, 1.54) is 24.2 Å². The van der Waals surface area contributed by atoms with Crippen molar-refractivity contribution in [3.8, 4) is 0 Å². The fraction of sp³-hybridized carbons (Fsp3) is 0.667. The monoisotopic (exact) mass is 281 g/mol. The Kier molecular flexibility index (Phi) is 5.38. The molecule has 1 N–H and O–H groups in total. The molecule has 0 spiro atoms. The number of aryl methyl sites for hydroxylation is 1. The van der Waals surface area contributed by atoms with Crippen molar-refractivity contribution in [2.24, 2.45) is 0 Å². The predicted molar refractivity (Wildman–Crippen MR) is 64.6 cm³/mol. The first-order valence-corrected chi connectivity index (χ1v) is 7.12. The molecular weight excluding hydrogens is 266 g/mol. The van der Waals surface area contributed by atoms with E-state index >= 15 is 0 Å². The van der Waals surface area contributed by atoms with Gasteiger partial charge in [0.2, 0.25) is 10.0 Å². The van der Waals surface area contributed by atoms with Crippen molar-refractivity contribution in [1.82, 2.24) is 14.5 Å². The number of nitrogens with zero attached hydrogens (tertiary/aromatic N) is 2. The Morgan fingerprint density at radius 2 is 2.35 bits per heavy atom. The average Bonchev–Trinajstić information content (AvgIpc) is 2.76. The first kappa shape index (κ1) is 14.4. The third kappa shape index (κ3) is 4.27. The highest BCUT2D eigenvalue weighted by Gasteiger charge is 2.17. The van der Waals surface area contributed by atoms with Crippen LogP contribution in [0.1, 0.15) is 6.92 Å². The van der Waals surface area contributed by atoms with E-state index < -0.39 is 10.0 Å². The summed E-state index contributed by atoms with van der Waals surface area (Å²) >= 11 is 5.54. The second kappa shape index (κ2) is 6.34. The minimum Gasteiger partial charge on any atom is -0.380 e. The molecule has 0 radical (unpaired) electrons. The normalized spacial score (nSPS) is 13.8. The molecule has 0 saturated heterocycles. The van der Waals surface area contributed by atoms with Gasteiger partial charge in [0.15, 0.2) is 0 Å². The zero-order valence-electron chi connectivity index (χ0n) is 9.76. The van der Waals surface area contributed by atoms with Gasteiger partial charge in [0, 0.05) is 25.7 Å². The number of rotatable bonds is 7. The highest BCUT2D eigenvalue weighted by molar-refractivity contribution is 7.89. The first-order chi connectivity index (χ1) is 7.99. The summed E-state index contributed by atoms with van der Waals surface area (Å²) in [6, 6.07) is 0. The Balaban J connectivity index is 2.68. The van der Waals surface area contributed by atoms with Gasteiger partial charge in [-0.05, 0) is 6.92 Å². The van der Waals surface area contributed by atoms with E-state index in [4.69, 9.17) is 16.3 Å². The highest BCUT2D eigenvalue weighted by atomic mass is 35.5. The van der Waals surface area contributed by atoms with Gasteiger partial charge >= 0.3 is 0 Å². The third-order valence-corrected chi connectivity index (χ3v) is 3.74. The summed E-state index contributed by atoms with van der Waals surface area (Å²) in [4.78, 5) is 0.130. The number of halogens is 1. The highest BCUT2D eigenvalue weighted by Crippen LogP contribution is 2.07. The van der Waals surface area contributed by atoms with E-state index in [-0.39, 0.29) is 17.5 Å². The molecule has 1 rings (SSSR count). The summed E-state index contributed by atoms with van der Waals surface area (Å²) in [5.74, 6) is 0.384. The number of alkyl halides is 1. The number of aromatic nitrogens is 2. The quantitative estimate of drug-likeness (QED) is 0.736. The van der Waals surface area contributed by atoms with Crippen molar-refractivity contribution in [1.29, 1.82) is 0 Å². The minimum atomic E-state index is -3.52. The van der Waals surface area contributed by atoms with Gasteiger partial charge < -0.3 is 4.74 Å². The zero-order valence-corrected chi connectivity index (χ0v) is 11.3. The maximum absolute atomic E-state index is 11.8. The van der Waals surface area contributed by atoms with E-state index in [0.717, 1.165) is 0 Å². The number of sulfonamides is 1. The molecule has 1 unspecified atom stereocenters. The molecule has 0 bridgehead atoms. The van der Waals surface area contributed by atoms with Gasteiger partial charge in [0.1, 0.15) is 4.90 Å². The van der Waals surface area contributed by atoms with Crippen molar-refractivity contribution in [2.75, 3.05) is 19.5 Å². The molecule has 0 saturated carbocycles. The summed E-state index contributed by atoms with van der Waals surface area (Å²) in [6.07, 6.45) is 2.57. The maximum Gasteiger partial charge on any atom is 0.243 e. The Morgan fingerprint density at radius 3 is 2.94 bits per heavy atom. The third-order valence-electron chi connectivity index (χ3n) is 2.20. The smallest absolute Gasteiger partial charge is 0.243 e. The van der Waals surface area contributed by atoms with Crippen LogP contribution in [0.3, 0.4) is 0 Å². The van der Waals surface area contributed by atoms with Crippen molar-refractivity contribution < 1.29 is 13.2 Å². The first-order valence-electron chi connectivity index (χ1n) is 5.10. The van der Waals surface area contributed by atoms with E-state index in [1.807, 2.05) is 0 Å². The van der Waals surface area contributed by atoms with Crippen LogP contribution in [0.25, 0.3) is 0 Å². The second-order valence-electron chi connectivity index (χ2n) is 3.53. The molecule has 1 aromatic rings.